The molecule has 21 heavy (non-hydrogen) atoms. The molecule has 1 fully saturated rings. The Hall–Kier alpha value is -1.06. The summed E-state index contributed by atoms with van der Waals surface area (Å²) in [5.41, 5.74) is 8.70. The van der Waals surface area contributed by atoms with E-state index in [0.717, 1.165) is 24.8 Å². The molecular weight excluding hydrogens is 260 g/mol. The SMILES string of the molecule is CCCN(C1CC1)C(CN)c1cccc2c1OC(C)(C)C2. The molecular formula is C18H28N2O. The van der Waals surface area contributed by atoms with Gasteiger partial charge >= 0.3 is 0 Å². The van der Waals surface area contributed by atoms with E-state index in [4.69, 9.17) is 10.5 Å². The van der Waals surface area contributed by atoms with Crippen molar-refractivity contribution in [1.82, 2.24) is 4.90 Å². The molecule has 0 radical (unpaired) electrons. The van der Waals surface area contributed by atoms with Gasteiger partial charge in [-0.1, -0.05) is 25.1 Å². The van der Waals surface area contributed by atoms with Crippen LogP contribution in [-0.2, 0) is 6.42 Å². The number of nitrogens with zero attached hydrogens (tertiary/aromatic N) is 1. The van der Waals surface area contributed by atoms with E-state index in [0.29, 0.717) is 12.6 Å². The molecule has 1 saturated carbocycles. The van der Waals surface area contributed by atoms with Gasteiger partial charge in [-0.25, -0.2) is 0 Å². The third-order valence-corrected chi connectivity index (χ3v) is 4.60. The summed E-state index contributed by atoms with van der Waals surface area (Å²) in [5.74, 6) is 1.10. The summed E-state index contributed by atoms with van der Waals surface area (Å²) < 4.78 is 6.25. The predicted octanol–water partition coefficient (Wildman–Crippen LogP) is 3.27. The summed E-state index contributed by atoms with van der Waals surface area (Å²) in [7, 11) is 0. The highest BCUT2D eigenvalue weighted by molar-refractivity contribution is 5.47. The molecule has 0 saturated heterocycles. The molecule has 2 aliphatic rings. The minimum atomic E-state index is -0.0905. The lowest BCUT2D eigenvalue weighted by Gasteiger charge is -2.32. The second kappa shape index (κ2) is 5.62. The summed E-state index contributed by atoms with van der Waals surface area (Å²) in [6.45, 7) is 8.37. The maximum Gasteiger partial charge on any atom is 0.128 e. The number of hydrogen-bond acceptors (Lipinski definition) is 3. The van der Waals surface area contributed by atoms with Crippen LogP contribution in [0.2, 0.25) is 0 Å². The van der Waals surface area contributed by atoms with Gasteiger partial charge in [0.2, 0.25) is 0 Å². The Balaban J connectivity index is 1.93. The van der Waals surface area contributed by atoms with Crippen molar-refractivity contribution >= 4 is 0 Å². The van der Waals surface area contributed by atoms with Crippen molar-refractivity contribution < 1.29 is 4.74 Å². The van der Waals surface area contributed by atoms with Crippen LogP contribution in [0.5, 0.6) is 5.75 Å². The highest BCUT2D eigenvalue weighted by Gasteiger charge is 2.38. The second-order valence-electron chi connectivity index (χ2n) is 7.09. The molecule has 3 nitrogen and oxygen atoms in total. The standard InChI is InChI=1S/C18H28N2O/c1-4-10-20(14-8-9-14)16(12-19)15-7-5-6-13-11-18(2,3)21-17(13)15/h5-7,14,16H,4,8-12,19H2,1-3H3. The van der Waals surface area contributed by atoms with Crippen molar-refractivity contribution in [1.29, 1.82) is 0 Å². The summed E-state index contributed by atoms with van der Waals surface area (Å²) in [6.07, 6.45) is 4.80. The van der Waals surface area contributed by atoms with Gasteiger partial charge < -0.3 is 10.5 Å². The molecule has 1 unspecified atom stereocenters. The molecule has 1 aromatic rings. The van der Waals surface area contributed by atoms with Gasteiger partial charge in [-0.2, -0.15) is 0 Å². The second-order valence-corrected chi connectivity index (χ2v) is 7.09. The molecule has 1 atom stereocenters. The Bertz CT molecular complexity index is 508. The molecule has 116 valence electrons. The maximum absolute atomic E-state index is 6.25. The van der Waals surface area contributed by atoms with E-state index in [9.17, 15) is 0 Å². The zero-order valence-corrected chi connectivity index (χ0v) is 13.6. The first-order valence-corrected chi connectivity index (χ1v) is 8.32. The lowest BCUT2D eigenvalue weighted by molar-refractivity contribution is 0.130. The first kappa shape index (κ1) is 14.9. The summed E-state index contributed by atoms with van der Waals surface area (Å²) in [6, 6.07) is 7.59. The van der Waals surface area contributed by atoms with Crippen molar-refractivity contribution in [3.05, 3.63) is 29.3 Å². The molecule has 0 aromatic heterocycles. The third kappa shape index (κ3) is 2.95. The lowest BCUT2D eigenvalue weighted by Crippen LogP contribution is -2.36. The van der Waals surface area contributed by atoms with E-state index >= 15 is 0 Å². The first-order chi connectivity index (χ1) is 10.1. The van der Waals surface area contributed by atoms with Crippen LogP contribution in [0.25, 0.3) is 0 Å². The fraction of sp³-hybridized carbons (Fsp3) is 0.667. The highest BCUT2D eigenvalue weighted by atomic mass is 16.5. The minimum Gasteiger partial charge on any atom is -0.487 e. The fourth-order valence-corrected chi connectivity index (χ4v) is 3.60. The third-order valence-electron chi connectivity index (χ3n) is 4.60. The molecule has 0 bridgehead atoms. The normalized spacial score (nSPS) is 21.2. The monoisotopic (exact) mass is 288 g/mol. The number of ether oxygens (including phenoxy) is 1. The Kier molecular flexibility index (Phi) is 3.98. The number of rotatable bonds is 6. The number of hydrogen-bond donors (Lipinski definition) is 1. The molecule has 1 aromatic carbocycles. The lowest BCUT2D eigenvalue weighted by atomic mass is 9.97. The van der Waals surface area contributed by atoms with Crippen LogP contribution in [0.1, 0.15) is 57.2 Å². The van der Waals surface area contributed by atoms with Gasteiger partial charge in [-0.15, -0.1) is 0 Å². The fourth-order valence-electron chi connectivity index (χ4n) is 3.60. The van der Waals surface area contributed by atoms with E-state index in [1.807, 2.05) is 0 Å². The van der Waals surface area contributed by atoms with Crippen LogP contribution in [0.4, 0.5) is 0 Å². The van der Waals surface area contributed by atoms with Crippen molar-refractivity contribution in [2.24, 2.45) is 5.73 Å². The smallest absolute Gasteiger partial charge is 0.128 e. The predicted molar refractivity (Wildman–Crippen MR) is 86.7 cm³/mol. The van der Waals surface area contributed by atoms with Gasteiger partial charge in [0.05, 0.1) is 6.04 Å². The van der Waals surface area contributed by atoms with Gasteiger partial charge in [-0.3, -0.25) is 4.90 Å². The Morgan fingerprint density at radius 1 is 1.38 bits per heavy atom. The minimum absolute atomic E-state index is 0.0905. The topological polar surface area (TPSA) is 38.5 Å². The van der Waals surface area contributed by atoms with E-state index < -0.39 is 0 Å². The number of para-hydroxylation sites is 1. The summed E-state index contributed by atoms with van der Waals surface area (Å²) in [4.78, 5) is 2.60. The average Bonchev–Trinajstić information content (AvgIpc) is 3.21. The number of benzene rings is 1. The van der Waals surface area contributed by atoms with E-state index in [-0.39, 0.29) is 5.60 Å². The van der Waals surface area contributed by atoms with Crippen LogP contribution in [0.15, 0.2) is 18.2 Å². The van der Waals surface area contributed by atoms with Crippen LogP contribution in [-0.4, -0.2) is 29.6 Å². The Morgan fingerprint density at radius 3 is 2.76 bits per heavy atom. The van der Waals surface area contributed by atoms with Gasteiger partial charge in [0, 0.05) is 24.6 Å². The molecule has 1 heterocycles. The maximum atomic E-state index is 6.25. The quantitative estimate of drug-likeness (QED) is 0.873. The molecule has 1 aliphatic carbocycles. The summed E-state index contributed by atoms with van der Waals surface area (Å²) >= 11 is 0. The average molecular weight is 288 g/mol. The molecule has 3 rings (SSSR count). The zero-order valence-electron chi connectivity index (χ0n) is 13.6. The Morgan fingerprint density at radius 2 is 2.14 bits per heavy atom. The van der Waals surface area contributed by atoms with Crippen LogP contribution < -0.4 is 10.5 Å². The molecule has 0 amide bonds. The van der Waals surface area contributed by atoms with E-state index in [2.05, 4.69) is 43.9 Å². The van der Waals surface area contributed by atoms with E-state index in [1.165, 1.54) is 30.4 Å². The van der Waals surface area contributed by atoms with Gasteiger partial charge in [0.25, 0.3) is 0 Å². The van der Waals surface area contributed by atoms with Crippen molar-refractivity contribution in [3.8, 4) is 5.75 Å². The van der Waals surface area contributed by atoms with Gasteiger partial charge in [0.15, 0.2) is 0 Å². The number of nitrogens with two attached hydrogens (primary N) is 1. The molecule has 2 N–H and O–H groups in total. The first-order valence-electron chi connectivity index (χ1n) is 8.32. The van der Waals surface area contributed by atoms with Crippen LogP contribution in [0, 0.1) is 0 Å². The number of fused-ring (bicyclic) bond motifs is 1. The van der Waals surface area contributed by atoms with Crippen molar-refractivity contribution in [2.75, 3.05) is 13.1 Å². The van der Waals surface area contributed by atoms with Gasteiger partial charge in [0.1, 0.15) is 11.4 Å². The zero-order chi connectivity index (χ0) is 15.0. The van der Waals surface area contributed by atoms with Crippen LogP contribution >= 0.6 is 0 Å². The Labute approximate surface area is 128 Å². The van der Waals surface area contributed by atoms with Crippen LogP contribution in [0.3, 0.4) is 0 Å². The molecule has 1 aliphatic heterocycles. The summed E-state index contributed by atoms with van der Waals surface area (Å²) in [5, 5.41) is 0. The van der Waals surface area contributed by atoms with Gasteiger partial charge in [-0.05, 0) is 45.2 Å². The molecule has 0 spiro atoms. The largest absolute Gasteiger partial charge is 0.487 e. The highest BCUT2D eigenvalue weighted by Crippen LogP contribution is 2.43. The molecule has 3 heteroatoms. The van der Waals surface area contributed by atoms with Crippen molar-refractivity contribution in [3.63, 3.8) is 0 Å². The van der Waals surface area contributed by atoms with Crippen molar-refractivity contribution in [2.45, 2.75) is 64.1 Å². The van der Waals surface area contributed by atoms with E-state index in [1.54, 1.807) is 0 Å².